The predicted octanol–water partition coefficient (Wildman–Crippen LogP) is 11.7. The molecule has 6 heterocycles. The van der Waals surface area contributed by atoms with Gasteiger partial charge in [0.1, 0.15) is 31.5 Å². The summed E-state index contributed by atoms with van der Waals surface area (Å²) < 4.78 is 31.8. The van der Waals surface area contributed by atoms with Crippen molar-refractivity contribution in [2.45, 2.75) is 244 Å². The number of hydrogen-bond acceptors (Lipinski definition) is 11. The standard InChI is InChI=1S/C25H46NO6P.C19H36O5.C7H13N/c1-2-3-4-5-6-7-8-9-10-11-12-13-18-31-25(27)32-24(21-33(28,29)30)20-23-19-22-14-16-26(23)17-15-22;1-3-4-5-6-7-8-9-10-11-12-13-14-15-23-19(22)24-17(2)16-18(20)21;1-4-8-5-2-7(1)3-6-8/h23-24H,2-21H2,1H3,(H-,28,29,30);17H,3-16H2,1-2H3,(H,20,21);7H,1-6H2/t23-,24-;17-;/m10./s1. The first-order chi connectivity index (χ1) is 31.4. The molecule has 13 nitrogen and oxygen atoms in total. The van der Waals surface area contributed by atoms with Crippen LogP contribution in [0, 0.1) is 11.8 Å². The third-order valence-corrected chi connectivity index (χ3v) is 14.4. The minimum absolute atomic E-state index is 0.197. The zero-order valence-electron chi connectivity index (χ0n) is 41.5. The minimum atomic E-state index is -4.28. The molecule has 6 fully saturated rings. The van der Waals surface area contributed by atoms with E-state index in [9.17, 15) is 33.8 Å². The number of unbranched alkanes of at least 4 members (excludes halogenated alkanes) is 22. The summed E-state index contributed by atoms with van der Waals surface area (Å²) >= 11 is 0. The number of carbonyl (C=O) groups excluding carboxylic acids is 3. The normalized spacial score (nSPS) is 20.7. The van der Waals surface area contributed by atoms with Crippen LogP contribution in [0.25, 0.3) is 0 Å². The number of aliphatic carboxylic acids is 1. The van der Waals surface area contributed by atoms with E-state index in [0.29, 0.717) is 19.6 Å². The predicted molar refractivity (Wildman–Crippen MR) is 258 cm³/mol. The van der Waals surface area contributed by atoms with Gasteiger partial charge in [-0.25, -0.2) is 9.59 Å². The molecule has 380 valence electrons. The second-order valence-corrected chi connectivity index (χ2v) is 21.2. The Morgan fingerprint density at radius 2 is 1.03 bits per heavy atom. The Morgan fingerprint density at radius 1 is 0.631 bits per heavy atom. The van der Waals surface area contributed by atoms with Crippen molar-refractivity contribution in [3.8, 4) is 0 Å². The molecule has 3 atom stereocenters. The molecule has 2 N–H and O–H groups in total. The summed E-state index contributed by atoms with van der Waals surface area (Å²) in [4.78, 5) is 57.5. The molecule has 0 saturated carbocycles. The number of carboxylic acids is 1. The zero-order chi connectivity index (χ0) is 47.4. The van der Waals surface area contributed by atoms with Crippen LogP contribution in [0.3, 0.4) is 0 Å². The molecule has 0 aromatic heterocycles. The van der Waals surface area contributed by atoms with Crippen LogP contribution in [-0.2, 0) is 28.3 Å². The van der Waals surface area contributed by atoms with Crippen LogP contribution >= 0.6 is 7.60 Å². The molecule has 6 aliphatic heterocycles. The largest absolute Gasteiger partial charge is 0.550 e. The Labute approximate surface area is 395 Å². The van der Waals surface area contributed by atoms with Crippen LogP contribution in [0.5, 0.6) is 0 Å². The van der Waals surface area contributed by atoms with Crippen LogP contribution in [-0.4, -0.2) is 108 Å². The van der Waals surface area contributed by atoms with E-state index >= 15 is 0 Å². The van der Waals surface area contributed by atoms with E-state index < -0.39 is 44.2 Å². The molecular formula is C51H95N2O11P. The van der Waals surface area contributed by atoms with Gasteiger partial charge in [0, 0.05) is 31.9 Å². The van der Waals surface area contributed by atoms with Crippen molar-refractivity contribution in [3.63, 3.8) is 0 Å². The molecule has 0 unspecified atom stereocenters. The maximum absolute atomic E-state index is 12.1. The molecule has 0 aromatic rings. The van der Waals surface area contributed by atoms with Gasteiger partial charge in [-0.3, -0.25) is 9.46 Å². The molecule has 0 spiro atoms. The lowest BCUT2D eigenvalue weighted by atomic mass is 9.81. The fourth-order valence-corrected chi connectivity index (χ4v) is 10.3. The monoisotopic (exact) mass is 943 g/mol. The van der Waals surface area contributed by atoms with Crippen molar-refractivity contribution in [1.29, 1.82) is 0 Å². The summed E-state index contributed by atoms with van der Waals surface area (Å²) in [5, 5.41) is 10.3. The summed E-state index contributed by atoms with van der Waals surface area (Å²) in [7, 11) is -4.28. The van der Waals surface area contributed by atoms with Crippen molar-refractivity contribution in [2.75, 3.05) is 52.1 Å². The molecule has 4 bridgehead atoms. The van der Waals surface area contributed by atoms with Crippen LogP contribution in [0.2, 0.25) is 0 Å². The number of fused-ring (bicyclic) bond motifs is 6. The van der Waals surface area contributed by atoms with Crippen molar-refractivity contribution in [3.05, 3.63) is 5.92 Å². The van der Waals surface area contributed by atoms with Gasteiger partial charge in [-0.2, -0.15) is 0 Å². The highest BCUT2D eigenvalue weighted by atomic mass is 31.2. The van der Waals surface area contributed by atoms with E-state index in [2.05, 4.69) is 23.6 Å². The second-order valence-electron chi connectivity index (χ2n) is 19.5. The third kappa shape index (κ3) is 33.2. The van der Waals surface area contributed by atoms with Gasteiger partial charge in [-0.1, -0.05) is 155 Å². The van der Waals surface area contributed by atoms with Gasteiger partial charge < -0.3 is 43.5 Å². The van der Waals surface area contributed by atoms with Gasteiger partial charge in [0.05, 0.1) is 31.3 Å². The Balaban J connectivity index is 0.000000392. The quantitative estimate of drug-likeness (QED) is 0.0270. The first-order valence-electron chi connectivity index (χ1n) is 26.6. The number of ether oxygens (including phenoxy) is 4. The SMILES string of the molecule is C1CN2CCC1CC2.CCCCCCCCCCCCCCOC(=O)O[C@@H](C)CC(=O)[O-].CCCCCCCCCCCCCCOC(=O)O[C@H](C[C@H]1C[C+]2CCN1CC2)CP(=O)(O)O. The average Bonchev–Trinajstić information content (AvgIpc) is 3.27. The number of piperidine rings is 6. The van der Waals surface area contributed by atoms with E-state index in [1.807, 2.05) is 0 Å². The molecule has 6 rings (SSSR count). The van der Waals surface area contributed by atoms with Gasteiger partial charge in [-0.05, 0) is 64.6 Å². The molecule has 0 aromatic carbocycles. The van der Waals surface area contributed by atoms with Gasteiger partial charge in [0.2, 0.25) is 0 Å². The van der Waals surface area contributed by atoms with E-state index in [4.69, 9.17) is 18.9 Å². The molecule has 0 amide bonds. The Hall–Kier alpha value is -2.05. The third-order valence-electron chi connectivity index (χ3n) is 13.5. The first kappa shape index (κ1) is 59.1. The van der Waals surface area contributed by atoms with Crippen LogP contribution in [0.1, 0.15) is 226 Å². The van der Waals surface area contributed by atoms with Gasteiger partial charge in [-0.15, -0.1) is 0 Å². The fraction of sp³-hybridized carbons (Fsp3) is 0.922. The van der Waals surface area contributed by atoms with Gasteiger partial charge in [0.25, 0.3) is 0 Å². The summed E-state index contributed by atoms with van der Waals surface area (Å²) in [5.74, 6) is 1.39. The van der Waals surface area contributed by atoms with Crippen LogP contribution < -0.4 is 5.11 Å². The molecule has 6 saturated heterocycles. The lowest BCUT2D eigenvalue weighted by molar-refractivity contribution is -0.307. The number of hydrogen-bond donors (Lipinski definition) is 2. The molecule has 6 aliphatic rings. The van der Waals surface area contributed by atoms with E-state index in [1.165, 1.54) is 167 Å². The van der Waals surface area contributed by atoms with Crippen LogP contribution in [0.15, 0.2) is 0 Å². The van der Waals surface area contributed by atoms with E-state index in [0.717, 1.165) is 76.8 Å². The van der Waals surface area contributed by atoms with Crippen molar-refractivity contribution in [1.82, 2.24) is 9.80 Å². The van der Waals surface area contributed by atoms with E-state index in [-0.39, 0.29) is 12.5 Å². The van der Waals surface area contributed by atoms with Crippen molar-refractivity contribution >= 4 is 25.9 Å². The van der Waals surface area contributed by atoms with Gasteiger partial charge in [0.15, 0.2) is 0 Å². The van der Waals surface area contributed by atoms with Crippen LogP contribution in [0.4, 0.5) is 9.59 Å². The Kier molecular flexibility index (Phi) is 34.4. The van der Waals surface area contributed by atoms with Gasteiger partial charge >= 0.3 is 19.9 Å². The molecular weight excluding hydrogens is 848 g/mol. The Bertz CT molecular complexity index is 1220. The second kappa shape index (κ2) is 37.9. The van der Waals surface area contributed by atoms with E-state index in [1.54, 1.807) is 0 Å². The molecule has 65 heavy (non-hydrogen) atoms. The Morgan fingerprint density at radius 3 is 1.35 bits per heavy atom. The van der Waals surface area contributed by atoms with Crippen molar-refractivity contribution in [2.24, 2.45) is 5.92 Å². The van der Waals surface area contributed by atoms with Crippen molar-refractivity contribution < 1.29 is 52.8 Å². The summed E-state index contributed by atoms with van der Waals surface area (Å²) in [5.41, 5.74) is 0. The highest BCUT2D eigenvalue weighted by Crippen LogP contribution is 2.40. The lowest BCUT2D eigenvalue weighted by Gasteiger charge is -2.40. The summed E-state index contributed by atoms with van der Waals surface area (Å²) in [6, 6.07) is 0.197. The maximum Gasteiger partial charge on any atom is 0.508 e. The maximum atomic E-state index is 12.1. The summed E-state index contributed by atoms with van der Waals surface area (Å²) in [6.07, 6.45) is 34.1. The number of carboxylic acid groups (broad SMARTS) is 1. The number of rotatable bonds is 34. The zero-order valence-corrected chi connectivity index (χ0v) is 42.4. The molecule has 14 heteroatoms. The fourth-order valence-electron chi connectivity index (χ4n) is 9.54. The topological polar surface area (TPSA) is 175 Å². The highest BCUT2D eigenvalue weighted by Gasteiger charge is 2.43. The first-order valence-corrected chi connectivity index (χ1v) is 28.4. The number of carbonyl (C=O) groups is 3. The average molecular weight is 943 g/mol. The lowest BCUT2D eigenvalue weighted by Crippen LogP contribution is -2.49. The number of nitrogens with zero attached hydrogens (tertiary/aromatic N) is 2. The summed E-state index contributed by atoms with van der Waals surface area (Å²) in [6.45, 7) is 12.8. The smallest absolute Gasteiger partial charge is 0.508 e. The molecule has 0 aliphatic carbocycles. The molecule has 0 radical (unpaired) electrons. The highest BCUT2D eigenvalue weighted by molar-refractivity contribution is 7.51. The minimum Gasteiger partial charge on any atom is -0.550 e.